The van der Waals surface area contributed by atoms with Crippen LogP contribution in [0.15, 0.2) is 53.1 Å². The lowest BCUT2D eigenvalue weighted by molar-refractivity contribution is 0.752. The van der Waals surface area contributed by atoms with Crippen molar-refractivity contribution in [2.45, 2.75) is 26.2 Å². The summed E-state index contributed by atoms with van der Waals surface area (Å²) in [5.41, 5.74) is 2.07. The van der Waals surface area contributed by atoms with Crippen molar-refractivity contribution in [2.24, 2.45) is 4.99 Å². The molecule has 3 aromatic rings. The summed E-state index contributed by atoms with van der Waals surface area (Å²) in [7, 11) is 0. The van der Waals surface area contributed by atoms with Crippen LogP contribution in [0.1, 0.15) is 30.3 Å². The Morgan fingerprint density at radius 2 is 2.15 bits per heavy atom. The van der Waals surface area contributed by atoms with Gasteiger partial charge in [0.1, 0.15) is 5.65 Å². The number of aromatic nitrogens is 2. The molecule has 1 unspecified atom stereocenters. The van der Waals surface area contributed by atoms with Crippen LogP contribution in [0.5, 0.6) is 0 Å². The molecule has 0 aliphatic rings. The fraction of sp³-hybridized carbons (Fsp3) is 0.368. The monoisotopic (exact) mass is 483 g/mol. The number of hydrogen-bond acceptors (Lipinski definition) is 3. The normalized spacial score (nSPS) is 12.6. The van der Waals surface area contributed by atoms with Crippen molar-refractivity contribution >= 4 is 46.9 Å². The van der Waals surface area contributed by atoms with E-state index in [0.717, 1.165) is 43.4 Å². The van der Waals surface area contributed by atoms with Gasteiger partial charge in [-0.1, -0.05) is 19.1 Å². The van der Waals surface area contributed by atoms with Crippen molar-refractivity contribution in [1.29, 1.82) is 0 Å². The number of rotatable bonds is 7. The Bertz CT molecular complexity index is 779. The van der Waals surface area contributed by atoms with E-state index in [4.69, 9.17) is 4.99 Å². The zero-order chi connectivity index (χ0) is 17.5. The summed E-state index contributed by atoms with van der Waals surface area (Å²) in [6.45, 7) is 6.75. The van der Waals surface area contributed by atoms with Crippen LogP contribution in [0.4, 0.5) is 0 Å². The molecule has 26 heavy (non-hydrogen) atoms. The number of nitrogens with zero attached hydrogens (tertiary/aromatic N) is 3. The molecule has 0 fully saturated rings. The van der Waals surface area contributed by atoms with Gasteiger partial charge >= 0.3 is 0 Å². The predicted octanol–water partition coefficient (Wildman–Crippen LogP) is 3.92. The highest BCUT2D eigenvalue weighted by Gasteiger charge is 2.07. The van der Waals surface area contributed by atoms with Gasteiger partial charge in [0.15, 0.2) is 5.96 Å². The van der Waals surface area contributed by atoms with Crippen LogP contribution in [0.3, 0.4) is 0 Å². The topological polar surface area (TPSA) is 53.7 Å². The summed E-state index contributed by atoms with van der Waals surface area (Å²) >= 11 is 1.79. The third-order valence-corrected chi connectivity index (χ3v) is 5.09. The largest absolute Gasteiger partial charge is 0.357 e. The second-order valence-electron chi connectivity index (χ2n) is 6.01. The first kappa shape index (κ1) is 20.7. The number of fused-ring (bicyclic) bond motifs is 1. The van der Waals surface area contributed by atoms with Gasteiger partial charge in [0.2, 0.25) is 0 Å². The molecule has 0 spiro atoms. The maximum Gasteiger partial charge on any atom is 0.191 e. The van der Waals surface area contributed by atoms with E-state index in [1.165, 1.54) is 4.88 Å². The lowest BCUT2D eigenvalue weighted by Gasteiger charge is -2.12. The standard InChI is InChI=1S/C19H25N5S.HI/c1-3-20-19(22-13-15(2)17-7-6-12-25-17)21-10-9-16-14-24-11-5-4-8-18(24)23-16;/h4-8,11-12,14-15H,3,9-10,13H2,1-2H3,(H2,20,21,22);1H. The van der Waals surface area contributed by atoms with E-state index in [1.54, 1.807) is 11.3 Å². The molecule has 1 atom stereocenters. The number of hydrogen-bond donors (Lipinski definition) is 2. The summed E-state index contributed by atoms with van der Waals surface area (Å²) in [6, 6.07) is 10.3. The van der Waals surface area contributed by atoms with Crippen LogP contribution in [-0.2, 0) is 6.42 Å². The lowest BCUT2D eigenvalue weighted by Crippen LogP contribution is -2.38. The average Bonchev–Trinajstić information content (AvgIpc) is 3.28. The Hall–Kier alpha value is -1.61. The zero-order valence-corrected chi connectivity index (χ0v) is 18.3. The Morgan fingerprint density at radius 1 is 1.27 bits per heavy atom. The minimum absolute atomic E-state index is 0. The van der Waals surface area contributed by atoms with E-state index in [-0.39, 0.29) is 24.0 Å². The van der Waals surface area contributed by atoms with E-state index in [2.05, 4.69) is 57.6 Å². The fourth-order valence-electron chi connectivity index (χ4n) is 2.65. The molecule has 0 bridgehead atoms. The summed E-state index contributed by atoms with van der Waals surface area (Å²) in [4.78, 5) is 10.7. The van der Waals surface area contributed by atoms with E-state index in [0.29, 0.717) is 5.92 Å². The highest BCUT2D eigenvalue weighted by molar-refractivity contribution is 14.0. The first-order chi connectivity index (χ1) is 12.3. The van der Waals surface area contributed by atoms with Gasteiger partial charge in [-0.2, -0.15) is 0 Å². The first-order valence-electron chi connectivity index (χ1n) is 8.74. The summed E-state index contributed by atoms with van der Waals surface area (Å²) in [6.07, 6.45) is 4.98. The fourth-order valence-corrected chi connectivity index (χ4v) is 3.43. The van der Waals surface area contributed by atoms with E-state index in [9.17, 15) is 0 Å². The smallest absolute Gasteiger partial charge is 0.191 e. The van der Waals surface area contributed by atoms with E-state index >= 15 is 0 Å². The van der Waals surface area contributed by atoms with Gasteiger partial charge in [-0.15, -0.1) is 35.3 Å². The van der Waals surface area contributed by atoms with Gasteiger partial charge < -0.3 is 15.0 Å². The first-order valence-corrected chi connectivity index (χ1v) is 9.62. The van der Waals surface area contributed by atoms with Gasteiger partial charge in [-0.3, -0.25) is 4.99 Å². The van der Waals surface area contributed by atoms with Crippen molar-refractivity contribution in [3.05, 3.63) is 58.7 Å². The molecule has 7 heteroatoms. The second kappa shape index (κ2) is 10.5. The van der Waals surface area contributed by atoms with Gasteiger partial charge in [0.25, 0.3) is 0 Å². The van der Waals surface area contributed by atoms with Crippen LogP contribution in [0.2, 0.25) is 0 Å². The van der Waals surface area contributed by atoms with Crippen LogP contribution in [0, 0.1) is 0 Å². The molecule has 2 N–H and O–H groups in total. The van der Waals surface area contributed by atoms with E-state index in [1.807, 2.05) is 24.4 Å². The molecule has 0 aliphatic heterocycles. The summed E-state index contributed by atoms with van der Waals surface area (Å²) in [5, 5.41) is 8.84. The molecule has 0 saturated heterocycles. The molecule has 0 aromatic carbocycles. The molecular formula is C19H26IN5S. The summed E-state index contributed by atoms with van der Waals surface area (Å²) in [5.74, 6) is 1.31. The Balaban J connectivity index is 0.00000243. The number of nitrogens with one attached hydrogen (secondary N) is 2. The molecular weight excluding hydrogens is 457 g/mol. The SMILES string of the molecule is CCNC(=NCC(C)c1cccs1)NCCc1cn2ccccc2n1.I. The second-order valence-corrected chi connectivity index (χ2v) is 6.99. The lowest BCUT2D eigenvalue weighted by atomic mass is 10.1. The Morgan fingerprint density at radius 3 is 2.88 bits per heavy atom. The van der Waals surface area contributed by atoms with Crippen molar-refractivity contribution in [3.8, 4) is 0 Å². The molecule has 0 saturated carbocycles. The van der Waals surface area contributed by atoms with Gasteiger partial charge in [-0.05, 0) is 30.5 Å². The molecule has 0 radical (unpaired) electrons. The minimum Gasteiger partial charge on any atom is -0.357 e. The minimum atomic E-state index is 0. The number of pyridine rings is 1. The predicted molar refractivity (Wildman–Crippen MR) is 121 cm³/mol. The summed E-state index contributed by atoms with van der Waals surface area (Å²) < 4.78 is 2.05. The van der Waals surface area contributed by atoms with Crippen LogP contribution >= 0.6 is 35.3 Å². The van der Waals surface area contributed by atoms with Gasteiger partial charge in [0, 0.05) is 42.7 Å². The Labute approximate surface area is 176 Å². The molecule has 3 heterocycles. The van der Waals surface area contributed by atoms with Crippen molar-refractivity contribution < 1.29 is 0 Å². The molecule has 3 aromatic heterocycles. The number of guanidine groups is 1. The highest BCUT2D eigenvalue weighted by Crippen LogP contribution is 2.20. The number of imidazole rings is 1. The average molecular weight is 483 g/mol. The molecule has 5 nitrogen and oxygen atoms in total. The molecule has 0 amide bonds. The van der Waals surface area contributed by atoms with Gasteiger partial charge in [-0.25, -0.2) is 4.98 Å². The van der Waals surface area contributed by atoms with Crippen molar-refractivity contribution in [3.63, 3.8) is 0 Å². The maximum absolute atomic E-state index is 4.72. The van der Waals surface area contributed by atoms with E-state index < -0.39 is 0 Å². The zero-order valence-electron chi connectivity index (χ0n) is 15.2. The number of thiophene rings is 1. The highest BCUT2D eigenvalue weighted by atomic mass is 127. The van der Waals surface area contributed by atoms with Crippen LogP contribution in [-0.4, -0.2) is 35.0 Å². The number of halogens is 1. The quantitative estimate of drug-likeness (QED) is 0.305. The van der Waals surface area contributed by atoms with Crippen LogP contribution in [0.25, 0.3) is 5.65 Å². The third kappa shape index (κ3) is 5.70. The third-order valence-electron chi connectivity index (χ3n) is 3.98. The molecule has 140 valence electrons. The molecule has 0 aliphatic carbocycles. The van der Waals surface area contributed by atoms with Gasteiger partial charge in [0.05, 0.1) is 12.2 Å². The van der Waals surface area contributed by atoms with Crippen molar-refractivity contribution in [2.75, 3.05) is 19.6 Å². The maximum atomic E-state index is 4.72. The Kier molecular flexibility index (Phi) is 8.37. The number of aliphatic imine (C=N–C) groups is 1. The molecule has 3 rings (SSSR count). The van der Waals surface area contributed by atoms with Crippen molar-refractivity contribution in [1.82, 2.24) is 20.0 Å². The van der Waals surface area contributed by atoms with Crippen LogP contribution < -0.4 is 10.6 Å².